The first-order chi connectivity index (χ1) is 4.85. The van der Waals surface area contributed by atoms with Crippen LogP contribution in [-0.4, -0.2) is 11.2 Å². The molecule has 0 aliphatic heterocycles. The van der Waals surface area contributed by atoms with E-state index >= 15 is 0 Å². The highest BCUT2D eigenvalue weighted by molar-refractivity contribution is 4.57. The highest BCUT2D eigenvalue weighted by atomic mass is 16.5. The lowest BCUT2D eigenvalue weighted by Gasteiger charge is -2.08. The molecular formula is C8H18NO. The van der Waals surface area contributed by atoms with Crippen molar-refractivity contribution in [3.63, 3.8) is 0 Å². The lowest BCUT2D eigenvalue weighted by Crippen LogP contribution is -2.17. The zero-order valence-corrected chi connectivity index (χ0v) is 7.01. The Morgan fingerprint density at radius 3 is 2.40 bits per heavy atom. The van der Waals surface area contributed by atoms with Gasteiger partial charge in [-0.2, -0.15) is 0 Å². The Labute approximate surface area is 63.6 Å². The van der Waals surface area contributed by atoms with Crippen molar-refractivity contribution in [2.24, 2.45) is 0 Å². The SMILES string of the molecule is CCCCCC(CC)[N]O. The lowest BCUT2D eigenvalue weighted by atomic mass is 10.1. The van der Waals surface area contributed by atoms with Gasteiger partial charge >= 0.3 is 0 Å². The Kier molecular flexibility index (Phi) is 6.98. The minimum absolute atomic E-state index is 0.187. The molecule has 0 amide bonds. The van der Waals surface area contributed by atoms with E-state index in [0.717, 1.165) is 12.8 Å². The molecule has 1 atom stereocenters. The molecule has 0 bridgehead atoms. The van der Waals surface area contributed by atoms with E-state index in [1.165, 1.54) is 19.3 Å². The summed E-state index contributed by atoms with van der Waals surface area (Å²) in [5.74, 6) is 0. The van der Waals surface area contributed by atoms with Crippen molar-refractivity contribution in [3.05, 3.63) is 0 Å². The van der Waals surface area contributed by atoms with Crippen LogP contribution in [0.5, 0.6) is 0 Å². The van der Waals surface area contributed by atoms with Gasteiger partial charge in [-0.1, -0.05) is 38.6 Å². The lowest BCUT2D eigenvalue weighted by molar-refractivity contribution is 0.107. The highest BCUT2D eigenvalue weighted by Gasteiger charge is 2.03. The van der Waals surface area contributed by atoms with Crippen LogP contribution in [0.25, 0.3) is 0 Å². The van der Waals surface area contributed by atoms with Gasteiger partial charge in [-0.05, 0) is 12.8 Å². The maximum atomic E-state index is 8.45. The summed E-state index contributed by atoms with van der Waals surface area (Å²) in [7, 11) is 0. The van der Waals surface area contributed by atoms with Crippen molar-refractivity contribution in [1.82, 2.24) is 5.48 Å². The first-order valence-corrected chi connectivity index (χ1v) is 4.19. The van der Waals surface area contributed by atoms with E-state index in [4.69, 9.17) is 5.21 Å². The molecule has 0 rings (SSSR count). The molecule has 0 saturated heterocycles. The molecule has 0 aromatic heterocycles. The summed E-state index contributed by atoms with van der Waals surface area (Å²) < 4.78 is 0. The Morgan fingerprint density at radius 2 is 2.00 bits per heavy atom. The number of hydrogen-bond acceptors (Lipinski definition) is 1. The fraction of sp³-hybridized carbons (Fsp3) is 1.00. The van der Waals surface area contributed by atoms with E-state index in [-0.39, 0.29) is 6.04 Å². The van der Waals surface area contributed by atoms with E-state index in [0.29, 0.717) is 0 Å². The highest BCUT2D eigenvalue weighted by Crippen LogP contribution is 2.05. The molecule has 1 N–H and O–H groups in total. The zero-order chi connectivity index (χ0) is 7.82. The predicted molar refractivity (Wildman–Crippen MR) is 42.1 cm³/mol. The Bertz CT molecular complexity index is 62.3. The van der Waals surface area contributed by atoms with Crippen LogP contribution in [0.1, 0.15) is 46.0 Å². The maximum absolute atomic E-state index is 8.45. The summed E-state index contributed by atoms with van der Waals surface area (Å²) in [6.45, 7) is 4.23. The second-order valence-corrected chi connectivity index (χ2v) is 2.67. The summed E-state index contributed by atoms with van der Waals surface area (Å²) in [5, 5.41) is 8.45. The fourth-order valence-corrected chi connectivity index (χ4v) is 0.973. The van der Waals surface area contributed by atoms with Crippen molar-refractivity contribution in [2.45, 2.75) is 52.0 Å². The number of hydroxylamine groups is 1. The number of hydrogen-bond donors (Lipinski definition) is 1. The van der Waals surface area contributed by atoms with Gasteiger partial charge in [-0.3, -0.25) is 5.21 Å². The molecule has 0 fully saturated rings. The van der Waals surface area contributed by atoms with Crippen molar-refractivity contribution in [3.8, 4) is 0 Å². The van der Waals surface area contributed by atoms with E-state index in [1.54, 1.807) is 0 Å². The minimum Gasteiger partial charge on any atom is -0.297 e. The molecule has 2 heteroatoms. The molecule has 0 aliphatic carbocycles. The predicted octanol–water partition coefficient (Wildman–Crippen LogP) is 2.34. The second kappa shape index (κ2) is 7.03. The molecular weight excluding hydrogens is 126 g/mol. The molecule has 0 aromatic rings. The van der Waals surface area contributed by atoms with Gasteiger partial charge < -0.3 is 0 Å². The average Bonchev–Trinajstić information content (AvgIpc) is 1.99. The third-order valence-corrected chi connectivity index (χ3v) is 1.78. The van der Waals surface area contributed by atoms with Crippen LogP contribution in [0.4, 0.5) is 0 Å². The van der Waals surface area contributed by atoms with Crippen molar-refractivity contribution in [1.29, 1.82) is 0 Å². The monoisotopic (exact) mass is 144 g/mol. The van der Waals surface area contributed by atoms with Gasteiger partial charge in [0.1, 0.15) is 0 Å². The standard InChI is InChI=1S/C8H18NO/c1-3-5-6-7-8(4-2)9-10/h8,10H,3-7H2,1-2H3. The average molecular weight is 144 g/mol. The molecule has 0 spiro atoms. The molecule has 1 radical (unpaired) electrons. The van der Waals surface area contributed by atoms with E-state index in [1.807, 2.05) is 0 Å². The van der Waals surface area contributed by atoms with Crippen LogP contribution in [0.2, 0.25) is 0 Å². The smallest absolute Gasteiger partial charge is 0.0533 e. The normalized spacial score (nSPS) is 13.5. The molecule has 0 aliphatic rings. The summed E-state index contributed by atoms with van der Waals surface area (Å²) in [4.78, 5) is 0. The fourth-order valence-electron chi connectivity index (χ4n) is 0.973. The number of unbranched alkanes of at least 4 members (excludes halogenated alkanes) is 2. The molecule has 61 valence electrons. The summed E-state index contributed by atoms with van der Waals surface area (Å²) in [6.07, 6.45) is 5.69. The number of nitrogens with zero attached hydrogens (tertiary/aromatic N) is 1. The van der Waals surface area contributed by atoms with Crippen LogP contribution in [0.3, 0.4) is 0 Å². The minimum atomic E-state index is 0.187. The van der Waals surface area contributed by atoms with Gasteiger partial charge in [0.2, 0.25) is 0 Å². The van der Waals surface area contributed by atoms with E-state index < -0.39 is 0 Å². The first kappa shape index (κ1) is 9.92. The van der Waals surface area contributed by atoms with Gasteiger partial charge in [-0.25, -0.2) is 0 Å². The van der Waals surface area contributed by atoms with Crippen LogP contribution >= 0.6 is 0 Å². The van der Waals surface area contributed by atoms with Crippen LogP contribution in [0, 0.1) is 0 Å². The topological polar surface area (TPSA) is 34.3 Å². The molecule has 0 heterocycles. The Balaban J connectivity index is 3.09. The van der Waals surface area contributed by atoms with Crippen molar-refractivity contribution < 1.29 is 5.21 Å². The van der Waals surface area contributed by atoms with Crippen molar-refractivity contribution in [2.75, 3.05) is 0 Å². The van der Waals surface area contributed by atoms with E-state index in [9.17, 15) is 0 Å². The maximum Gasteiger partial charge on any atom is 0.0533 e. The third kappa shape index (κ3) is 4.77. The molecule has 2 nitrogen and oxygen atoms in total. The van der Waals surface area contributed by atoms with E-state index in [2.05, 4.69) is 19.3 Å². The molecule has 0 saturated carbocycles. The number of rotatable bonds is 6. The third-order valence-electron chi connectivity index (χ3n) is 1.78. The first-order valence-electron chi connectivity index (χ1n) is 4.19. The largest absolute Gasteiger partial charge is 0.297 e. The Hall–Kier alpha value is -0.0800. The van der Waals surface area contributed by atoms with Gasteiger partial charge in [0.25, 0.3) is 0 Å². The van der Waals surface area contributed by atoms with Crippen LogP contribution in [-0.2, 0) is 0 Å². The van der Waals surface area contributed by atoms with Crippen LogP contribution in [0.15, 0.2) is 0 Å². The van der Waals surface area contributed by atoms with Gasteiger partial charge in [0.15, 0.2) is 0 Å². The molecule has 1 unspecified atom stereocenters. The molecule has 10 heavy (non-hydrogen) atoms. The summed E-state index contributed by atoms with van der Waals surface area (Å²) in [5.41, 5.74) is 3.28. The summed E-state index contributed by atoms with van der Waals surface area (Å²) in [6, 6.07) is 0.187. The van der Waals surface area contributed by atoms with Gasteiger partial charge in [0, 0.05) is 0 Å². The summed E-state index contributed by atoms with van der Waals surface area (Å²) >= 11 is 0. The Morgan fingerprint density at radius 1 is 1.30 bits per heavy atom. The second-order valence-electron chi connectivity index (χ2n) is 2.67. The quantitative estimate of drug-likeness (QED) is 0.450. The zero-order valence-electron chi connectivity index (χ0n) is 7.01. The van der Waals surface area contributed by atoms with Gasteiger partial charge in [-0.15, -0.1) is 0 Å². The van der Waals surface area contributed by atoms with Crippen LogP contribution < -0.4 is 5.48 Å². The molecule has 0 aromatic carbocycles. The van der Waals surface area contributed by atoms with Gasteiger partial charge in [0.05, 0.1) is 6.04 Å². The van der Waals surface area contributed by atoms with Crippen molar-refractivity contribution >= 4 is 0 Å².